The van der Waals surface area contributed by atoms with Gasteiger partial charge < -0.3 is 14.6 Å². The summed E-state index contributed by atoms with van der Waals surface area (Å²) in [6.45, 7) is 0.684. The van der Waals surface area contributed by atoms with Crippen molar-refractivity contribution in [1.82, 2.24) is 14.9 Å². The fraction of sp³-hybridized carbons (Fsp3) is 0.200. The van der Waals surface area contributed by atoms with E-state index in [1.54, 1.807) is 24.5 Å². The van der Waals surface area contributed by atoms with Gasteiger partial charge in [0.1, 0.15) is 16.7 Å². The van der Waals surface area contributed by atoms with Crippen molar-refractivity contribution >= 4 is 55.7 Å². The number of carbonyl (C=O) groups is 1. The van der Waals surface area contributed by atoms with Gasteiger partial charge in [-0.15, -0.1) is 0 Å². The number of ether oxygens (including phenoxy) is 1. The minimum atomic E-state index is -4.40. The maximum Gasteiger partial charge on any atom is 0.264 e. The summed E-state index contributed by atoms with van der Waals surface area (Å²) < 4.78 is 50.0. The van der Waals surface area contributed by atoms with Gasteiger partial charge in [0.25, 0.3) is 15.9 Å². The van der Waals surface area contributed by atoms with E-state index in [-0.39, 0.29) is 17.4 Å². The number of halogens is 3. The molecule has 3 heterocycles. The first-order valence-corrected chi connectivity index (χ1v) is 13.6. The molecule has 0 bridgehead atoms. The van der Waals surface area contributed by atoms with Gasteiger partial charge in [-0.05, 0) is 36.4 Å². The zero-order valence-corrected chi connectivity index (χ0v) is 21.6. The monoisotopic (exact) mass is 562 g/mol. The number of carbonyl (C=O) groups excluding carboxylic acids is 1. The molecule has 1 aliphatic rings. The van der Waals surface area contributed by atoms with E-state index >= 15 is 4.39 Å². The molecule has 0 saturated carbocycles. The number of fused-ring (bicyclic) bond motifs is 1. The maximum absolute atomic E-state index is 15.5. The predicted octanol–water partition coefficient (Wildman–Crippen LogP) is 5.49. The highest BCUT2D eigenvalue weighted by Crippen LogP contribution is 2.35. The Labute approximate surface area is 222 Å². The number of hydrogen-bond donors (Lipinski definition) is 2. The maximum atomic E-state index is 15.5. The zero-order chi connectivity index (χ0) is 26.2. The van der Waals surface area contributed by atoms with Gasteiger partial charge in [-0.25, -0.2) is 12.8 Å². The Kier molecular flexibility index (Phi) is 6.98. The molecule has 192 valence electrons. The highest BCUT2D eigenvalue weighted by atomic mass is 35.5. The first-order valence-electron chi connectivity index (χ1n) is 11.4. The molecule has 0 aliphatic carbocycles. The van der Waals surface area contributed by atoms with Gasteiger partial charge in [-0.2, -0.15) is 0 Å². The van der Waals surface area contributed by atoms with E-state index in [0.717, 1.165) is 6.07 Å². The number of likely N-dealkylation sites (tertiary alicyclic amines) is 1. The molecule has 2 N–H and O–H groups in total. The molecule has 1 saturated heterocycles. The number of aromatic amines is 1. The third-order valence-electron chi connectivity index (χ3n) is 6.13. The van der Waals surface area contributed by atoms with Crippen LogP contribution in [0.4, 0.5) is 10.1 Å². The molecule has 2 aromatic carbocycles. The van der Waals surface area contributed by atoms with Crippen LogP contribution in [-0.4, -0.2) is 48.4 Å². The average molecular weight is 563 g/mol. The fourth-order valence-electron chi connectivity index (χ4n) is 4.29. The highest BCUT2D eigenvalue weighted by molar-refractivity contribution is 7.92. The molecule has 1 aliphatic heterocycles. The second-order valence-electron chi connectivity index (χ2n) is 8.50. The van der Waals surface area contributed by atoms with Gasteiger partial charge in [0.2, 0.25) is 0 Å². The summed E-state index contributed by atoms with van der Waals surface area (Å²) in [7, 11) is -4.40. The van der Waals surface area contributed by atoms with Crippen LogP contribution >= 0.6 is 23.2 Å². The van der Waals surface area contributed by atoms with Crippen molar-refractivity contribution in [3.05, 3.63) is 82.5 Å². The largest absolute Gasteiger partial charge is 0.489 e. The third kappa shape index (κ3) is 5.09. The molecule has 1 fully saturated rings. The Morgan fingerprint density at radius 3 is 2.62 bits per heavy atom. The van der Waals surface area contributed by atoms with Crippen LogP contribution in [0.3, 0.4) is 0 Å². The van der Waals surface area contributed by atoms with E-state index in [2.05, 4.69) is 14.7 Å². The number of nitrogens with zero attached hydrogens (tertiary/aromatic N) is 2. The standard InChI is InChI=1S/C25H21Cl2FN4O4S/c26-18-6-7-20(24-22(18)19(27)14-30-24)31-37(34,35)21-5-1-4-17(23(21)28)25(33)32-11-8-15(9-12-32)36-16-3-2-10-29-13-16/h1-7,10,13-15,30-31H,8-9,11-12H2. The second kappa shape index (κ2) is 10.2. The molecule has 0 radical (unpaired) electrons. The number of aromatic nitrogens is 2. The molecule has 2 aromatic heterocycles. The summed E-state index contributed by atoms with van der Waals surface area (Å²) >= 11 is 12.3. The number of H-pyrrole nitrogens is 1. The molecule has 0 spiro atoms. The van der Waals surface area contributed by atoms with Crippen molar-refractivity contribution in [2.45, 2.75) is 23.8 Å². The Hall–Kier alpha value is -3.34. The number of pyridine rings is 1. The molecular formula is C25H21Cl2FN4O4S. The van der Waals surface area contributed by atoms with E-state index in [0.29, 0.717) is 52.6 Å². The predicted molar refractivity (Wildman–Crippen MR) is 139 cm³/mol. The molecule has 0 unspecified atom stereocenters. The van der Waals surface area contributed by atoms with Crippen molar-refractivity contribution in [3.8, 4) is 5.75 Å². The van der Waals surface area contributed by atoms with Crippen LogP contribution in [0.5, 0.6) is 5.75 Å². The lowest BCUT2D eigenvalue weighted by atomic mass is 10.1. The van der Waals surface area contributed by atoms with Crippen LogP contribution in [0.2, 0.25) is 10.0 Å². The first-order chi connectivity index (χ1) is 17.7. The van der Waals surface area contributed by atoms with Gasteiger partial charge in [0.15, 0.2) is 5.82 Å². The number of benzene rings is 2. The number of piperidine rings is 1. The van der Waals surface area contributed by atoms with Gasteiger partial charge in [-0.1, -0.05) is 29.3 Å². The lowest BCUT2D eigenvalue weighted by Gasteiger charge is -2.32. The summed E-state index contributed by atoms with van der Waals surface area (Å²) in [4.78, 5) is 20.9. The van der Waals surface area contributed by atoms with E-state index in [1.165, 1.54) is 35.4 Å². The highest BCUT2D eigenvalue weighted by Gasteiger charge is 2.30. The van der Waals surface area contributed by atoms with Crippen molar-refractivity contribution in [2.24, 2.45) is 0 Å². The van der Waals surface area contributed by atoms with Gasteiger partial charge in [-0.3, -0.25) is 14.5 Å². The molecule has 8 nitrogen and oxygen atoms in total. The average Bonchev–Trinajstić information content (AvgIpc) is 3.29. The van der Waals surface area contributed by atoms with Crippen molar-refractivity contribution in [1.29, 1.82) is 0 Å². The number of hydrogen-bond acceptors (Lipinski definition) is 5. The summed E-state index contributed by atoms with van der Waals surface area (Å²) in [6.07, 6.45) is 5.73. The van der Waals surface area contributed by atoms with Crippen LogP contribution in [0.15, 0.2) is 66.0 Å². The Bertz CT molecular complexity index is 1570. The van der Waals surface area contributed by atoms with E-state index in [9.17, 15) is 13.2 Å². The topological polar surface area (TPSA) is 104 Å². The Balaban J connectivity index is 1.33. The van der Waals surface area contributed by atoms with Gasteiger partial charge in [0, 0.05) is 43.7 Å². The molecular weight excluding hydrogens is 542 g/mol. The van der Waals surface area contributed by atoms with Crippen molar-refractivity contribution in [2.75, 3.05) is 17.8 Å². The molecule has 37 heavy (non-hydrogen) atoms. The SMILES string of the molecule is O=C(c1cccc(S(=O)(=O)Nc2ccc(Cl)c3c(Cl)c[nH]c23)c1F)N1CCC(Oc2cccnc2)CC1. The van der Waals surface area contributed by atoms with Crippen LogP contribution in [0, 0.1) is 5.82 Å². The zero-order valence-electron chi connectivity index (χ0n) is 19.2. The lowest BCUT2D eigenvalue weighted by Crippen LogP contribution is -2.42. The molecule has 0 atom stereocenters. The molecule has 5 rings (SSSR count). The van der Waals surface area contributed by atoms with Crippen LogP contribution < -0.4 is 9.46 Å². The van der Waals surface area contributed by atoms with Crippen LogP contribution in [-0.2, 0) is 10.0 Å². The number of sulfonamides is 1. The number of rotatable bonds is 6. The quantitative estimate of drug-likeness (QED) is 0.323. The smallest absolute Gasteiger partial charge is 0.264 e. The number of anilines is 1. The summed E-state index contributed by atoms with van der Waals surface area (Å²) in [5.74, 6) is -1.06. The summed E-state index contributed by atoms with van der Waals surface area (Å²) in [5, 5.41) is 1.08. The molecule has 12 heteroatoms. The van der Waals surface area contributed by atoms with E-state index in [4.69, 9.17) is 27.9 Å². The first kappa shape index (κ1) is 25.3. The summed E-state index contributed by atoms with van der Waals surface area (Å²) in [5.41, 5.74) is 0.168. The van der Waals surface area contributed by atoms with Crippen molar-refractivity contribution < 1.29 is 22.3 Å². The Morgan fingerprint density at radius 2 is 1.89 bits per heavy atom. The van der Waals surface area contributed by atoms with E-state index in [1.807, 2.05) is 0 Å². The summed E-state index contributed by atoms with van der Waals surface area (Å²) in [6, 6.07) is 10.2. The van der Waals surface area contributed by atoms with Crippen molar-refractivity contribution in [3.63, 3.8) is 0 Å². The minimum absolute atomic E-state index is 0.105. The molecule has 1 amide bonds. The molecule has 4 aromatic rings. The fourth-order valence-corrected chi connectivity index (χ4v) is 6.02. The minimum Gasteiger partial charge on any atom is -0.489 e. The number of nitrogens with one attached hydrogen (secondary N) is 2. The lowest BCUT2D eigenvalue weighted by molar-refractivity contribution is 0.0590. The number of amides is 1. The third-order valence-corrected chi connectivity index (χ3v) is 8.13. The van der Waals surface area contributed by atoms with Gasteiger partial charge >= 0.3 is 0 Å². The normalized spacial score (nSPS) is 14.6. The second-order valence-corrected chi connectivity index (χ2v) is 11.0. The van der Waals surface area contributed by atoms with Crippen LogP contribution in [0.25, 0.3) is 10.9 Å². The van der Waals surface area contributed by atoms with Gasteiger partial charge in [0.05, 0.1) is 33.0 Å². The van der Waals surface area contributed by atoms with E-state index < -0.39 is 26.6 Å². The Morgan fingerprint density at radius 1 is 1.11 bits per heavy atom. The van der Waals surface area contributed by atoms with Crippen LogP contribution in [0.1, 0.15) is 23.2 Å².